The van der Waals surface area contributed by atoms with Crippen LogP contribution in [0.15, 0.2) is 54.7 Å². The third-order valence-corrected chi connectivity index (χ3v) is 3.92. The number of aliphatic hydroxyl groups is 1. The van der Waals surface area contributed by atoms with Gasteiger partial charge in [-0.3, -0.25) is 0 Å². The molecule has 0 aliphatic carbocycles. The van der Waals surface area contributed by atoms with Crippen molar-refractivity contribution in [2.24, 2.45) is 0 Å². The molecular formula is C19H20N2O. The molecule has 0 saturated heterocycles. The molecule has 0 bridgehead atoms. The summed E-state index contributed by atoms with van der Waals surface area (Å²) in [6.07, 6.45) is 2.03. The molecular weight excluding hydrogens is 272 g/mol. The molecule has 0 amide bonds. The molecule has 1 unspecified atom stereocenters. The number of H-pyrrole nitrogens is 1. The number of nitrogens with zero attached hydrogens (tertiary/aromatic N) is 1. The topological polar surface area (TPSA) is 48.9 Å². The molecule has 112 valence electrons. The van der Waals surface area contributed by atoms with Crippen molar-refractivity contribution in [1.82, 2.24) is 9.97 Å². The van der Waals surface area contributed by atoms with Gasteiger partial charge < -0.3 is 10.1 Å². The number of aryl methyl sites for hydroxylation is 2. The molecule has 1 aromatic heterocycles. The SMILES string of the molecule is CCc1ccc(C(O)c2ncc(-c3ccc(C)cc3)[nH]2)cc1. The number of aromatic nitrogens is 2. The number of aromatic amines is 1. The van der Waals surface area contributed by atoms with E-state index in [4.69, 9.17) is 0 Å². The second kappa shape index (κ2) is 6.16. The van der Waals surface area contributed by atoms with Gasteiger partial charge in [0.15, 0.2) is 0 Å². The number of hydrogen-bond donors (Lipinski definition) is 2. The second-order valence-electron chi connectivity index (χ2n) is 5.55. The van der Waals surface area contributed by atoms with Crippen molar-refractivity contribution in [1.29, 1.82) is 0 Å². The smallest absolute Gasteiger partial charge is 0.140 e. The highest BCUT2D eigenvalue weighted by molar-refractivity contribution is 5.59. The molecule has 1 heterocycles. The van der Waals surface area contributed by atoms with Gasteiger partial charge >= 0.3 is 0 Å². The lowest BCUT2D eigenvalue weighted by molar-refractivity contribution is 0.211. The van der Waals surface area contributed by atoms with Gasteiger partial charge in [-0.1, -0.05) is 61.0 Å². The Balaban J connectivity index is 1.84. The molecule has 1 atom stereocenters. The number of aliphatic hydroxyl groups excluding tert-OH is 1. The predicted octanol–water partition coefficient (Wildman–Crippen LogP) is 4.03. The van der Waals surface area contributed by atoms with Crippen molar-refractivity contribution >= 4 is 0 Å². The van der Waals surface area contributed by atoms with Gasteiger partial charge in [-0.25, -0.2) is 4.98 Å². The minimum Gasteiger partial charge on any atom is -0.380 e. The number of imidazole rings is 1. The fourth-order valence-corrected chi connectivity index (χ4v) is 2.45. The van der Waals surface area contributed by atoms with Crippen LogP contribution in [0.4, 0.5) is 0 Å². The molecule has 0 saturated carbocycles. The van der Waals surface area contributed by atoms with E-state index in [1.807, 2.05) is 24.3 Å². The standard InChI is InChI=1S/C19H20N2O/c1-3-14-6-10-16(11-7-14)18(22)19-20-12-17(21-19)15-8-4-13(2)5-9-15/h4-12,18,22H,3H2,1-2H3,(H,20,21). The van der Waals surface area contributed by atoms with Crippen LogP contribution >= 0.6 is 0 Å². The van der Waals surface area contributed by atoms with Gasteiger partial charge in [-0.15, -0.1) is 0 Å². The van der Waals surface area contributed by atoms with E-state index in [1.165, 1.54) is 11.1 Å². The third-order valence-electron chi connectivity index (χ3n) is 3.92. The van der Waals surface area contributed by atoms with Crippen molar-refractivity contribution in [2.45, 2.75) is 26.4 Å². The summed E-state index contributed by atoms with van der Waals surface area (Å²) >= 11 is 0. The van der Waals surface area contributed by atoms with Gasteiger partial charge in [0.05, 0.1) is 11.9 Å². The fraction of sp³-hybridized carbons (Fsp3) is 0.211. The maximum atomic E-state index is 10.5. The van der Waals surface area contributed by atoms with Gasteiger partial charge in [-0.05, 0) is 30.0 Å². The normalized spacial score (nSPS) is 12.3. The van der Waals surface area contributed by atoms with Gasteiger partial charge in [0.2, 0.25) is 0 Å². The van der Waals surface area contributed by atoms with E-state index < -0.39 is 6.10 Å². The lowest BCUT2D eigenvalue weighted by Crippen LogP contribution is -2.02. The van der Waals surface area contributed by atoms with Crippen LogP contribution in [-0.4, -0.2) is 15.1 Å². The van der Waals surface area contributed by atoms with Crippen molar-refractivity contribution in [2.75, 3.05) is 0 Å². The zero-order chi connectivity index (χ0) is 15.5. The quantitative estimate of drug-likeness (QED) is 0.762. The average molecular weight is 292 g/mol. The van der Waals surface area contributed by atoms with Crippen molar-refractivity contribution in [3.8, 4) is 11.3 Å². The molecule has 3 aromatic rings. The first-order valence-corrected chi connectivity index (χ1v) is 7.56. The summed E-state index contributed by atoms with van der Waals surface area (Å²) in [5.74, 6) is 0.569. The number of rotatable bonds is 4. The van der Waals surface area contributed by atoms with Crippen LogP contribution in [0.25, 0.3) is 11.3 Å². The Kier molecular flexibility index (Phi) is 4.07. The van der Waals surface area contributed by atoms with Crippen molar-refractivity contribution in [3.63, 3.8) is 0 Å². The van der Waals surface area contributed by atoms with Crippen LogP contribution < -0.4 is 0 Å². The van der Waals surface area contributed by atoms with E-state index in [2.05, 4.69) is 48.1 Å². The second-order valence-corrected chi connectivity index (χ2v) is 5.55. The van der Waals surface area contributed by atoms with E-state index in [0.29, 0.717) is 5.82 Å². The lowest BCUT2D eigenvalue weighted by atomic mass is 10.1. The Morgan fingerprint density at radius 3 is 2.36 bits per heavy atom. The molecule has 3 nitrogen and oxygen atoms in total. The molecule has 22 heavy (non-hydrogen) atoms. The number of benzene rings is 2. The molecule has 2 aromatic carbocycles. The lowest BCUT2D eigenvalue weighted by Gasteiger charge is -2.09. The Labute approximate surface area is 130 Å². The van der Waals surface area contributed by atoms with E-state index >= 15 is 0 Å². The zero-order valence-corrected chi connectivity index (χ0v) is 12.9. The molecule has 0 aliphatic heterocycles. The average Bonchev–Trinajstić information content (AvgIpc) is 3.05. The minimum atomic E-state index is -0.731. The molecule has 3 heteroatoms. The van der Waals surface area contributed by atoms with Crippen LogP contribution in [-0.2, 0) is 6.42 Å². The van der Waals surface area contributed by atoms with Gasteiger partial charge in [0, 0.05) is 0 Å². The molecule has 0 fully saturated rings. The highest BCUT2D eigenvalue weighted by atomic mass is 16.3. The summed E-state index contributed by atoms with van der Waals surface area (Å²) in [6.45, 7) is 4.18. The summed E-state index contributed by atoms with van der Waals surface area (Å²) < 4.78 is 0. The Hall–Kier alpha value is -2.39. The van der Waals surface area contributed by atoms with E-state index in [1.54, 1.807) is 6.20 Å². The fourth-order valence-electron chi connectivity index (χ4n) is 2.45. The molecule has 0 spiro atoms. The predicted molar refractivity (Wildman–Crippen MR) is 88.6 cm³/mol. The molecule has 0 radical (unpaired) electrons. The van der Waals surface area contributed by atoms with Crippen LogP contribution in [0.1, 0.15) is 35.5 Å². The highest BCUT2D eigenvalue weighted by Crippen LogP contribution is 2.24. The van der Waals surface area contributed by atoms with Gasteiger partial charge in [0.1, 0.15) is 11.9 Å². The van der Waals surface area contributed by atoms with Crippen molar-refractivity contribution < 1.29 is 5.11 Å². The number of nitrogens with one attached hydrogen (secondary N) is 1. The monoisotopic (exact) mass is 292 g/mol. The maximum Gasteiger partial charge on any atom is 0.140 e. The van der Waals surface area contributed by atoms with Crippen LogP contribution in [0.3, 0.4) is 0 Å². The van der Waals surface area contributed by atoms with Gasteiger partial charge in [-0.2, -0.15) is 0 Å². The first-order chi connectivity index (χ1) is 10.7. The Morgan fingerprint density at radius 1 is 1.05 bits per heavy atom. The zero-order valence-electron chi connectivity index (χ0n) is 12.9. The summed E-state index contributed by atoms with van der Waals surface area (Å²) in [6, 6.07) is 16.2. The highest BCUT2D eigenvalue weighted by Gasteiger charge is 2.14. The molecule has 3 rings (SSSR count). The Morgan fingerprint density at radius 2 is 1.73 bits per heavy atom. The van der Waals surface area contributed by atoms with Crippen LogP contribution in [0, 0.1) is 6.92 Å². The summed E-state index contributed by atoms with van der Waals surface area (Å²) in [4.78, 5) is 7.54. The first kappa shape index (κ1) is 14.5. The van der Waals surface area contributed by atoms with E-state index in [-0.39, 0.29) is 0 Å². The van der Waals surface area contributed by atoms with Crippen molar-refractivity contribution in [3.05, 3.63) is 77.2 Å². The van der Waals surface area contributed by atoms with Crippen LogP contribution in [0.5, 0.6) is 0 Å². The maximum absolute atomic E-state index is 10.5. The first-order valence-electron chi connectivity index (χ1n) is 7.56. The minimum absolute atomic E-state index is 0.569. The summed E-state index contributed by atoms with van der Waals surface area (Å²) in [7, 11) is 0. The molecule has 2 N–H and O–H groups in total. The third kappa shape index (κ3) is 2.95. The number of hydrogen-bond acceptors (Lipinski definition) is 2. The largest absolute Gasteiger partial charge is 0.380 e. The van der Waals surface area contributed by atoms with E-state index in [9.17, 15) is 5.11 Å². The van der Waals surface area contributed by atoms with E-state index in [0.717, 1.165) is 23.2 Å². The summed E-state index contributed by atoms with van der Waals surface area (Å²) in [5.41, 5.74) is 5.31. The summed E-state index contributed by atoms with van der Waals surface area (Å²) in [5, 5.41) is 10.5. The van der Waals surface area contributed by atoms with Crippen LogP contribution in [0.2, 0.25) is 0 Å². The molecule has 0 aliphatic rings. The Bertz CT molecular complexity index is 742. The van der Waals surface area contributed by atoms with Gasteiger partial charge in [0.25, 0.3) is 0 Å².